The Morgan fingerprint density at radius 1 is 0.857 bits per heavy atom. The summed E-state index contributed by atoms with van der Waals surface area (Å²) in [5.74, 6) is -1.63. The number of aromatic nitrogens is 1. The number of fused-ring (bicyclic) bond motifs is 1. The zero-order valence-electron chi connectivity index (χ0n) is 18.6. The normalized spacial score (nSPS) is 14.8. The van der Waals surface area contributed by atoms with Gasteiger partial charge in [-0.05, 0) is 29.7 Å². The summed E-state index contributed by atoms with van der Waals surface area (Å²) in [6.45, 7) is 0.251. The average Bonchev–Trinajstić information content (AvgIpc) is 3.34. The van der Waals surface area contributed by atoms with Gasteiger partial charge in [0.15, 0.2) is 11.1 Å². The molecule has 0 radical (unpaired) electrons. The molecule has 35 heavy (non-hydrogen) atoms. The molecule has 0 unspecified atom stereocenters. The summed E-state index contributed by atoms with van der Waals surface area (Å²) in [6.07, 6.45) is 0.300. The number of nitrogens with one attached hydrogen (secondary N) is 2. The summed E-state index contributed by atoms with van der Waals surface area (Å²) in [6, 6.07) is 24.1. The third-order valence-corrected chi connectivity index (χ3v) is 6.03. The number of imide groups is 1. The number of carbonyl (C=O) groups excluding carboxylic acids is 3. The van der Waals surface area contributed by atoms with Crippen molar-refractivity contribution >= 4 is 28.9 Å². The summed E-state index contributed by atoms with van der Waals surface area (Å²) in [7, 11) is 0. The van der Waals surface area contributed by atoms with Crippen molar-refractivity contribution in [3.8, 4) is 0 Å². The van der Waals surface area contributed by atoms with Crippen molar-refractivity contribution in [1.82, 2.24) is 20.3 Å². The molecule has 0 atom stereocenters. The zero-order chi connectivity index (χ0) is 24.4. The number of amides is 4. The molecule has 0 saturated carbocycles. The Balaban J connectivity index is 1.32. The first kappa shape index (κ1) is 22.1. The number of oxazole rings is 1. The number of hydrogen-bond donors (Lipinski definition) is 2. The van der Waals surface area contributed by atoms with Crippen LogP contribution in [0.1, 0.15) is 24.0 Å². The molecule has 1 fully saturated rings. The lowest BCUT2D eigenvalue weighted by molar-refractivity contribution is -0.138. The maximum absolute atomic E-state index is 13.6. The van der Waals surface area contributed by atoms with Crippen LogP contribution in [0.4, 0.5) is 4.79 Å². The van der Waals surface area contributed by atoms with E-state index in [4.69, 9.17) is 4.42 Å². The second-order valence-electron chi connectivity index (χ2n) is 8.18. The van der Waals surface area contributed by atoms with Crippen LogP contribution >= 0.6 is 0 Å². The first-order chi connectivity index (χ1) is 17.0. The van der Waals surface area contributed by atoms with Gasteiger partial charge in [-0.2, -0.15) is 5.01 Å². The van der Waals surface area contributed by atoms with Crippen LogP contribution in [-0.2, 0) is 21.7 Å². The fourth-order valence-electron chi connectivity index (χ4n) is 4.37. The highest BCUT2D eigenvalue weighted by atomic mass is 16.4. The molecule has 176 valence electrons. The maximum Gasteiger partial charge on any atom is 0.419 e. The van der Waals surface area contributed by atoms with Crippen molar-refractivity contribution in [1.29, 1.82) is 0 Å². The fourth-order valence-corrected chi connectivity index (χ4v) is 4.37. The Labute approximate surface area is 199 Å². The summed E-state index contributed by atoms with van der Waals surface area (Å²) >= 11 is 0. The van der Waals surface area contributed by atoms with Crippen molar-refractivity contribution < 1.29 is 18.8 Å². The van der Waals surface area contributed by atoms with Crippen molar-refractivity contribution in [3.63, 3.8) is 0 Å². The van der Waals surface area contributed by atoms with Crippen LogP contribution in [-0.4, -0.2) is 27.4 Å². The Hall–Kier alpha value is -4.66. The lowest BCUT2D eigenvalue weighted by Crippen LogP contribution is -2.49. The van der Waals surface area contributed by atoms with E-state index in [1.807, 2.05) is 12.1 Å². The lowest BCUT2D eigenvalue weighted by Gasteiger charge is -2.27. The number of para-hydroxylation sites is 2. The second kappa shape index (κ2) is 8.94. The number of hydrazine groups is 1. The largest absolute Gasteiger partial charge is 0.419 e. The molecule has 0 spiro atoms. The van der Waals surface area contributed by atoms with E-state index in [1.165, 1.54) is 4.57 Å². The smallest absolute Gasteiger partial charge is 0.408 e. The first-order valence-electron chi connectivity index (χ1n) is 11.2. The van der Waals surface area contributed by atoms with Crippen LogP contribution in [0.15, 0.2) is 94.1 Å². The van der Waals surface area contributed by atoms with Gasteiger partial charge in [-0.15, -0.1) is 0 Å². The SMILES string of the molecule is O=C(CCCn1c(=O)oc2ccccc21)NN1C(=O)NC(c2ccccc2)(c2ccccc2)C1=O. The highest BCUT2D eigenvalue weighted by molar-refractivity contribution is 6.10. The minimum Gasteiger partial charge on any atom is -0.408 e. The molecule has 1 aliphatic heterocycles. The van der Waals surface area contributed by atoms with Gasteiger partial charge in [-0.1, -0.05) is 72.8 Å². The van der Waals surface area contributed by atoms with E-state index < -0.39 is 29.1 Å². The van der Waals surface area contributed by atoms with Gasteiger partial charge in [0.2, 0.25) is 5.91 Å². The molecule has 1 aliphatic rings. The number of carbonyl (C=O) groups is 3. The van der Waals surface area contributed by atoms with Gasteiger partial charge < -0.3 is 9.73 Å². The molecule has 5 rings (SSSR count). The van der Waals surface area contributed by atoms with E-state index >= 15 is 0 Å². The lowest BCUT2D eigenvalue weighted by atomic mass is 9.83. The minimum absolute atomic E-state index is 0.00726. The van der Waals surface area contributed by atoms with E-state index in [1.54, 1.807) is 72.8 Å². The number of rotatable bonds is 7. The van der Waals surface area contributed by atoms with Gasteiger partial charge in [0.1, 0.15) is 0 Å². The monoisotopic (exact) mass is 470 g/mol. The van der Waals surface area contributed by atoms with Gasteiger partial charge >= 0.3 is 11.8 Å². The molecule has 4 amide bonds. The van der Waals surface area contributed by atoms with E-state index in [2.05, 4.69) is 10.7 Å². The highest BCUT2D eigenvalue weighted by Gasteiger charge is 2.54. The first-order valence-corrected chi connectivity index (χ1v) is 11.2. The Morgan fingerprint density at radius 2 is 1.46 bits per heavy atom. The molecule has 3 aromatic carbocycles. The Kier molecular flexibility index (Phi) is 5.66. The van der Waals surface area contributed by atoms with Crippen LogP contribution in [0.3, 0.4) is 0 Å². The van der Waals surface area contributed by atoms with E-state index in [-0.39, 0.29) is 13.0 Å². The van der Waals surface area contributed by atoms with Gasteiger partial charge in [-0.3, -0.25) is 19.6 Å². The van der Waals surface area contributed by atoms with Crippen molar-refractivity contribution in [2.75, 3.05) is 0 Å². The molecule has 1 saturated heterocycles. The van der Waals surface area contributed by atoms with Crippen molar-refractivity contribution in [2.45, 2.75) is 24.9 Å². The molecular weight excluding hydrogens is 448 g/mol. The predicted molar refractivity (Wildman–Crippen MR) is 127 cm³/mol. The van der Waals surface area contributed by atoms with E-state index in [9.17, 15) is 19.2 Å². The molecule has 9 heteroatoms. The number of urea groups is 1. The topological polar surface area (TPSA) is 114 Å². The standard InChI is InChI=1S/C26H22N4O5/c31-22(16-9-17-29-20-14-7-8-15-21(20)35-25(29)34)28-30-23(32)26(27-24(30)33,18-10-3-1-4-11-18)19-12-5-2-6-13-19/h1-8,10-15H,9,16-17H2,(H,27,33)(H,28,31). The van der Waals surface area contributed by atoms with Crippen molar-refractivity contribution in [3.05, 3.63) is 107 Å². The number of benzene rings is 3. The molecule has 2 N–H and O–H groups in total. The average molecular weight is 470 g/mol. The minimum atomic E-state index is -1.46. The maximum atomic E-state index is 13.6. The molecule has 0 bridgehead atoms. The second-order valence-corrected chi connectivity index (χ2v) is 8.18. The van der Waals surface area contributed by atoms with Gasteiger partial charge in [-0.25, -0.2) is 9.59 Å². The third kappa shape index (κ3) is 3.86. The Bertz CT molecular complexity index is 1420. The quantitative estimate of drug-likeness (QED) is 0.403. The van der Waals surface area contributed by atoms with Gasteiger partial charge in [0, 0.05) is 13.0 Å². The van der Waals surface area contributed by atoms with Crippen LogP contribution in [0.2, 0.25) is 0 Å². The zero-order valence-corrected chi connectivity index (χ0v) is 18.6. The fraction of sp³-hybridized carbons (Fsp3) is 0.154. The third-order valence-electron chi connectivity index (χ3n) is 6.03. The van der Waals surface area contributed by atoms with E-state index in [0.717, 1.165) is 5.01 Å². The van der Waals surface area contributed by atoms with Gasteiger partial charge in [0.25, 0.3) is 5.91 Å². The van der Waals surface area contributed by atoms with Crippen LogP contribution in [0.25, 0.3) is 11.1 Å². The summed E-state index contributed by atoms with van der Waals surface area (Å²) < 4.78 is 6.65. The van der Waals surface area contributed by atoms with Crippen LogP contribution in [0, 0.1) is 0 Å². The summed E-state index contributed by atoms with van der Waals surface area (Å²) in [5.41, 5.74) is 3.23. The van der Waals surface area contributed by atoms with Gasteiger partial charge in [0.05, 0.1) is 5.52 Å². The summed E-state index contributed by atoms with van der Waals surface area (Å²) in [4.78, 5) is 51.2. The van der Waals surface area contributed by atoms with Crippen LogP contribution in [0.5, 0.6) is 0 Å². The van der Waals surface area contributed by atoms with E-state index in [0.29, 0.717) is 28.6 Å². The molecular formula is C26H22N4O5. The molecule has 9 nitrogen and oxygen atoms in total. The Morgan fingerprint density at radius 3 is 2.11 bits per heavy atom. The molecule has 1 aromatic heterocycles. The molecule has 4 aromatic rings. The molecule has 2 heterocycles. The molecule has 0 aliphatic carbocycles. The summed E-state index contributed by atoms with van der Waals surface area (Å²) in [5, 5.41) is 3.50. The number of hydrogen-bond acceptors (Lipinski definition) is 5. The van der Waals surface area contributed by atoms with Crippen LogP contribution < -0.4 is 16.5 Å². The number of nitrogens with zero attached hydrogens (tertiary/aromatic N) is 2. The predicted octanol–water partition coefficient (Wildman–Crippen LogP) is 2.90. The highest BCUT2D eigenvalue weighted by Crippen LogP contribution is 2.35. The number of aryl methyl sites for hydroxylation is 1. The van der Waals surface area contributed by atoms with Crippen molar-refractivity contribution in [2.24, 2.45) is 0 Å².